The first-order valence-electron chi connectivity index (χ1n) is 7.63. The number of rotatable bonds is 6. The van der Waals surface area contributed by atoms with Crippen molar-refractivity contribution in [3.63, 3.8) is 0 Å². The molecule has 1 heterocycles. The fourth-order valence-corrected chi connectivity index (χ4v) is 3.25. The summed E-state index contributed by atoms with van der Waals surface area (Å²) in [5, 5.41) is 2.45. The number of hydrogen-bond acceptors (Lipinski definition) is 1. The van der Waals surface area contributed by atoms with Crippen LogP contribution >= 0.6 is 0 Å². The predicted octanol–water partition coefficient (Wildman–Crippen LogP) is 0.518. The molecule has 2 rings (SSSR count). The second-order valence-electron chi connectivity index (χ2n) is 5.50. The second-order valence-corrected chi connectivity index (χ2v) is 5.50. The van der Waals surface area contributed by atoms with Crippen LogP contribution < -0.4 is 15.0 Å². The van der Waals surface area contributed by atoms with Crippen LogP contribution in [0.3, 0.4) is 0 Å². The molecule has 0 aliphatic carbocycles. The van der Waals surface area contributed by atoms with Crippen molar-refractivity contribution in [2.45, 2.75) is 39.3 Å². The second kappa shape index (κ2) is 6.92. The van der Waals surface area contributed by atoms with Crippen LogP contribution in [-0.4, -0.2) is 26.7 Å². The van der Waals surface area contributed by atoms with Gasteiger partial charge < -0.3 is 15.0 Å². The molecule has 19 heavy (non-hydrogen) atoms. The summed E-state index contributed by atoms with van der Waals surface area (Å²) in [4.78, 5) is 1.73. The van der Waals surface area contributed by atoms with Gasteiger partial charge in [0, 0.05) is 11.1 Å². The lowest BCUT2D eigenvalue weighted by Gasteiger charge is -2.31. The molecule has 0 amide bonds. The van der Waals surface area contributed by atoms with Crippen LogP contribution in [0.15, 0.2) is 18.2 Å². The lowest BCUT2D eigenvalue weighted by molar-refractivity contribution is -0.948. The van der Waals surface area contributed by atoms with Crippen LogP contribution in [0.5, 0.6) is 5.75 Å². The lowest BCUT2D eigenvalue weighted by Crippen LogP contribution is -3.15. The van der Waals surface area contributed by atoms with Crippen molar-refractivity contribution < 1.29 is 15.0 Å². The fraction of sp³-hybridized carbons (Fsp3) is 0.625. The van der Waals surface area contributed by atoms with Gasteiger partial charge in [0.1, 0.15) is 18.8 Å². The summed E-state index contributed by atoms with van der Waals surface area (Å²) in [5.41, 5.74) is 3.00. The van der Waals surface area contributed by atoms with E-state index in [1.807, 2.05) is 0 Å². The Morgan fingerprint density at radius 3 is 2.63 bits per heavy atom. The first-order valence-corrected chi connectivity index (χ1v) is 7.63. The number of ether oxygens (including phenoxy) is 1. The molecule has 0 radical (unpaired) electrons. The molecular formula is C16H28N2O+2. The van der Waals surface area contributed by atoms with Crippen LogP contribution in [0.1, 0.15) is 43.9 Å². The van der Waals surface area contributed by atoms with Crippen molar-refractivity contribution in [1.29, 1.82) is 0 Å². The molecule has 1 aromatic rings. The molecule has 0 saturated carbocycles. The molecule has 3 heteroatoms. The van der Waals surface area contributed by atoms with Gasteiger partial charge in [0.2, 0.25) is 0 Å². The Kier molecular flexibility index (Phi) is 5.23. The van der Waals surface area contributed by atoms with Crippen molar-refractivity contribution in [3.05, 3.63) is 29.3 Å². The minimum Gasteiger partial charge on any atom is -0.497 e. The third-order valence-corrected chi connectivity index (χ3v) is 4.13. The Labute approximate surface area is 116 Å². The van der Waals surface area contributed by atoms with Crippen LogP contribution in [-0.2, 0) is 6.54 Å². The summed E-state index contributed by atoms with van der Waals surface area (Å²) in [6.45, 7) is 9.42. The summed E-state index contributed by atoms with van der Waals surface area (Å²) in [6.07, 6.45) is 2.51. The summed E-state index contributed by atoms with van der Waals surface area (Å²) < 4.78 is 5.41. The number of hydrogen-bond donors (Lipinski definition) is 2. The van der Waals surface area contributed by atoms with Gasteiger partial charge in [-0.1, -0.05) is 13.8 Å². The van der Waals surface area contributed by atoms with Gasteiger partial charge in [-0.25, -0.2) is 0 Å². The third-order valence-electron chi connectivity index (χ3n) is 4.13. The highest BCUT2D eigenvalue weighted by Gasteiger charge is 2.31. The van der Waals surface area contributed by atoms with E-state index < -0.39 is 0 Å². The van der Waals surface area contributed by atoms with Gasteiger partial charge in [-0.15, -0.1) is 0 Å². The average Bonchev–Trinajstić information content (AvgIpc) is 2.46. The van der Waals surface area contributed by atoms with Gasteiger partial charge in [0.15, 0.2) is 6.04 Å². The van der Waals surface area contributed by atoms with E-state index in [0.29, 0.717) is 6.04 Å². The Morgan fingerprint density at radius 2 is 2.00 bits per heavy atom. The highest BCUT2D eigenvalue weighted by molar-refractivity contribution is 5.37. The van der Waals surface area contributed by atoms with Crippen LogP contribution in [0.2, 0.25) is 0 Å². The van der Waals surface area contributed by atoms with Gasteiger partial charge in [-0.2, -0.15) is 0 Å². The number of methoxy groups -OCH3 is 1. The summed E-state index contributed by atoms with van der Waals surface area (Å²) >= 11 is 0. The summed E-state index contributed by atoms with van der Waals surface area (Å²) in [5.74, 6) is 0.998. The highest BCUT2D eigenvalue weighted by atomic mass is 16.5. The molecule has 0 unspecified atom stereocenters. The summed E-state index contributed by atoms with van der Waals surface area (Å²) in [6, 6.07) is 7.22. The van der Waals surface area contributed by atoms with E-state index in [4.69, 9.17) is 4.74 Å². The van der Waals surface area contributed by atoms with Crippen molar-refractivity contribution in [1.82, 2.24) is 0 Å². The van der Waals surface area contributed by atoms with Gasteiger partial charge in [0.05, 0.1) is 20.2 Å². The van der Waals surface area contributed by atoms with Crippen molar-refractivity contribution in [2.24, 2.45) is 0 Å². The molecule has 1 aliphatic rings. The van der Waals surface area contributed by atoms with E-state index in [1.54, 1.807) is 12.0 Å². The number of nitrogens with one attached hydrogen (secondary N) is 1. The molecule has 0 aromatic heterocycles. The molecule has 1 atom stereocenters. The number of benzene rings is 1. The molecule has 0 spiro atoms. The highest BCUT2D eigenvalue weighted by Crippen LogP contribution is 2.23. The van der Waals surface area contributed by atoms with Crippen LogP contribution in [0.25, 0.3) is 0 Å². The van der Waals surface area contributed by atoms with E-state index in [2.05, 4.69) is 37.4 Å². The smallest absolute Gasteiger partial charge is 0.163 e. The molecule has 106 valence electrons. The van der Waals surface area contributed by atoms with E-state index in [1.165, 1.54) is 43.6 Å². The van der Waals surface area contributed by atoms with E-state index in [9.17, 15) is 0 Å². The topological polar surface area (TPSA) is 30.3 Å². The molecule has 0 bridgehead atoms. The van der Waals surface area contributed by atoms with Crippen molar-refractivity contribution in [2.75, 3.05) is 26.7 Å². The maximum Gasteiger partial charge on any atom is 0.163 e. The van der Waals surface area contributed by atoms with Gasteiger partial charge in [0.25, 0.3) is 0 Å². The minimum absolute atomic E-state index is 0.624. The Balaban J connectivity index is 2.27. The number of fused-ring (bicyclic) bond motifs is 1. The Bertz CT molecular complexity index is 400. The number of nitrogens with two attached hydrogens (primary N) is 1. The van der Waals surface area contributed by atoms with Crippen LogP contribution in [0.4, 0.5) is 0 Å². The van der Waals surface area contributed by atoms with Crippen LogP contribution in [0, 0.1) is 0 Å². The third kappa shape index (κ3) is 3.28. The molecular weight excluding hydrogens is 236 g/mol. The Morgan fingerprint density at radius 1 is 1.26 bits per heavy atom. The first kappa shape index (κ1) is 14.4. The predicted molar refractivity (Wildman–Crippen MR) is 77.5 cm³/mol. The molecule has 1 aromatic carbocycles. The maximum atomic E-state index is 5.41. The van der Waals surface area contributed by atoms with Gasteiger partial charge in [-0.3, -0.25) is 0 Å². The normalized spacial score (nSPS) is 18.4. The maximum absolute atomic E-state index is 5.41. The quantitative estimate of drug-likeness (QED) is 0.771. The average molecular weight is 264 g/mol. The van der Waals surface area contributed by atoms with Crippen molar-refractivity contribution in [3.8, 4) is 5.75 Å². The SMILES string of the molecule is CCC[NH+](CCC)[C@@H]1C[NH2+]Cc2ccc(OC)cc21. The Hall–Kier alpha value is -1.06. The van der Waals surface area contributed by atoms with E-state index >= 15 is 0 Å². The zero-order valence-corrected chi connectivity index (χ0v) is 12.5. The van der Waals surface area contributed by atoms with E-state index in [0.717, 1.165) is 12.3 Å². The van der Waals surface area contributed by atoms with E-state index in [-0.39, 0.29) is 0 Å². The largest absolute Gasteiger partial charge is 0.497 e. The molecule has 1 aliphatic heterocycles. The summed E-state index contributed by atoms with van der Waals surface area (Å²) in [7, 11) is 1.76. The fourth-order valence-electron chi connectivity index (χ4n) is 3.25. The zero-order valence-electron chi connectivity index (χ0n) is 12.5. The first-order chi connectivity index (χ1) is 9.30. The molecule has 3 nitrogen and oxygen atoms in total. The monoisotopic (exact) mass is 264 g/mol. The zero-order chi connectivity index (χ0) is 13.7. The molecule has 0 saturated heterocycles. The standard InChI is InChI=1S/C16H26N2O/c1-4-8-18(9-5-2)16-12-17-11-13-6-7-14(19-3)10-15(13)16/h6-7,10,16-17H,4-5,8-9,11-12H2,1-3H3/p+2/t16-/m1/s1. The molecule has 3 N–H and O–H groups in total. The minimum atomic E-state index is 0.624. The molecule has 0 fully saturated rings. The van der Waals surface area contributed by atoms with Gasteiger partial charge in [-0.05, 0) is 31.0 Å². The van der Waals surface area contributed by atoms with Crippen molar-refractivity contribution >= 4 is 0 Å². The number of quaternary nitrogens is 2. The van der Waals surface area contributed by atoms with Gasteiger partial charge >= 0.3 is 0 Å². The lowest BCUT2D eigenvalue weighted by atomic mass is 9.94.